The van der Waals surface area contributed by atoms with Crippen LogP contribution in [0.25, 0.3) is 28.1 Å². The van der Waals surface area contributed by atoms with E-state index < -0.39 is 0 Å². The molecule has 5 rings (SSSR count). The van der Waals surface area contributed by atoms with Gasteiger partial charge in [0.05, 0.1) is 27.6 Å². The molecule has 0 radical (unpaired) electrons. The molecule has 0 aliphatic carbocycles. The predicted octanol–water partition coefficient (Wildman–Crippen LogP) is 6.40. The first-order valence-corrected chi connectivity index (χ1v) is 12.0. The Bertz CT molecular complexity index is 1280. The number of rotatable bonds is 5. The van der Waals surface area contributed by atoms with Crippen LogP contribution in [0.4, 0.5) is 4.39 Å². The van der Waals surface area contributed by atoms with Crippen molar-refractivity contribution in [2.45, 2.75) is 6.54 Å². The van der Waals surface area contributed by atoms with E-state index in [0.717, 1.165) is 66.4 Å². The second kappa shape index (κ2) is 9.88. The van der Waals surface area contributed by atoms with Gasteiger partial charge < -0.3 is 4.90 Å². The molecule has 174 valence electrons. The lowest BCUT2D eigenvalue weighted by Crippen LogP contribution is -2.43. The summed E-state index contributed by atoms with van der Waals surface area (Å²) in [6, 6.07) is 20.4. The number of hydrogen-bond donors (Lipinski definition) is 0. The van der Waals surface area contributed by atoms with Crippen LogP contribution in [0, 0.1) is 5.82 Å². The van der Waals surface area contributed by atoms with E-state index in [0.29, 0.717) is 10.0 Å². The van der Waals surface area contributed by atoms with Gasteiger partial charge in [0.15, 0.2) is 0 Å². The molecule has 0 bridgehead atoms. The van der Waals surface area contributed by atoms with E-state index in [4.69, 9.17) is 28.3 Å². The van der Waals surface area contributed by atoms with Gasteiger partial charge in [0, 0.05) is 43.9 Å². The summed E-state index contributed by atoms with van der Waals surface area (Å²) in [4.78, 5) is 4.81. The summed E-state index contributed by atoms with van der Waals surface area (Å²) in [5, 5.41) is 5.81. The predicted molar refractivity (Wildman–Crippen MR) is 137 cm³/mol. The molecule has 4 aromatic rings. The average molecular weight is 495 g/mol. The first kappa shape index (κ1) is 23.1. The summed E-state index contributed by atoms with van der Waals surface area (Å²) in [6.45, 7) is 4.98. The number of likely N-dealkylation sites (N-methyl/N-ethyl adjacent to an activating group) is 1. The molecule has 1 aliphatic heterocycles. The van der Waals surface area contributed by atoms with Crippen LogP contribution in [0.2, 0.25) is 10.0 Å². The van der Waals surface area contributed by atoms with Crippen LogP contribution < -0.4 is 0 Å². The Hall–Kier alpha value is -2.70. The van der Waals surface area contributed by atoms with Crippen molar-refractivity contribution in [3.8, 4) is 28.1 Å². The largest absolute Gasteiger partial charge is 0.304 e. The highest BCUT2D eigenvalue weighted by molar-refractivity contribution is 6.42. The van der Waals surface area contributed by atoms with E-state index in [-0.39, 0.29) is 5.82 Å². The van der Waals surface area contributed by atoms with Crippen molar-refractivity contribution in [3.05, 3.63) is 94.4 Å². The van der Waals surface area contributed by atoms with E-state index >= 15 is 0 Å². The molecule has 1 aliphatic rings. The van der Waals surface area contributed by atoms with Crippen LogP contribution in [0.3, 0.4) is 0 Å². The van der Waals surface area contributed by atoms with Crippen molar-refractivity contribution in [1.29, 1.82) is 0 Å². The maximum atomic E-state index is 13.3. The Morgan fingerprint density at radius 3 is 2.06 bits per heavy atom. The molecule has 4 nitrogen and oxygen atoms in total. The van der Waals surface area contributed by atoms with Crippen molar-refractivity contribution >= 4 is 23.2 Å². The van der Waals surface area contributed by atoms with Gasteiger partial charge in [-0.1, -0.05) is 53.5 Å². The minimum atomic E-state index is -0.240. The van der Waals surface area contributed by atoms with Gasteiger partial charge in [-0.3, -0.25) is 4.90 Å². The quantitative estimate of drug-likeness (QED) is 0.320. The number of piperazine rings is 1. The standard InChI is InChI=1S/C27H25Cl2FN4/c1-32-12-14-33(15-13-32)18-22-17-31-34(27(22)21-6-11-25(28)26(29)16-21)24-9-4-20(5-10-24)19-2-7-23(30)8-3-19/h2-11,16-17H,12-15,18H2,1H3. The molecule has 0 saturated carbocycles. The molecule has 0 amide bonds. The summed E-state index contributed by atoms with van der Waals surface area (Å²) in [7, 11) is 2.16. The van der Waals surface area contributed by atoms with Crippen molar-refractivity contribution < 1.29 is 4.39 Å². The topological polar surface area (TPSA) is 24.3 Å². The zero-order valence-electron chi connectivity index (χ0n) is 18.9. The van der Waals surface area contributed by atoms with Gasteiger partial charge in [0.2, 0.25) is 0 Å². The lowest BCUT2D eigenvalue weighted by atomic mass is 10.0. The normalized spacial score (nSPS) is 15.1. The van der Waals surface area contributed by atoms with Crippen LogP contribution in [-0.4, -0.2) is 52.8 Å². The molecule has 34 heavy (non-hydrogen) atoms. The maximum Gasteiger partial charge on any atom is 0.123 e. The molecule has 1 saturated heterocycles. The SMILES string of the molecule is CN1CCN(Cc2cnn(-c3ccc(-c4ccc(F)cc4)cc3)c2-c2ccc(Cl)c(Cl)c2)CC1. The van der Waals surface area contributed by atoms with Crippen LogP contribution >= 0.6 is 23.2 Å². The zero-order valence-corrected chi connectivity index (χ0v) is 20.4. The summed E-state index contributed by atoms with van der Waals surface area (Å²) in [5.41, 5.74) is 6.05. The number of benzene rings is 3. The number of halogens is 3. The first-order chi connectivity index (χ1) is 16.5. The third-order valence-corrected chi connectivity index (χ3v) is 7.06. The molecular weight excluding hydrogens is 470 g/mol. The van der Waals surface area contributed by atoms with E-state index in [2.05, 4.69) is 16.8 Å². The van der Waals surface area contributed by atoms with Gasteiger partial charge >= 0.3 is 0 Å². The molecule has 1 fully saturated rings. The molecule has 1 aromatic heterocycles. The lowest BCUT2D eigenvalue weighted by Gasteiger charge is -2.32. The third-order valence-electron chi connectivity index (χ3n) is 6.32. The highest BCUT2D eigenvalue weighted by atomic mass is 35.5. The number of hydrogen-bond acceptors (Lipinski definition) is 3. The van der Waals surface area contributed by atoms with Gasteiger partial charge in [-0.2, -0.15) is 5.10 Å². The van der Waals surface area contributed by atoms with E-state index in [1.54, 1.807) is 12.1 Å². The van der Waals surface area contributed by atoms with Gasteiger partial charge in [0.25, 0.3) is 0 Å². The second-order valence-corrected chi connectivity index (χ2v) is 9.51. The Kier molecular flexibility index (Phi) is 6.70. The zero-order chi connectivity index (χ0) is 23.7. The fourth-order valence-electron chi connectivity index (χ4n) is 4.33. The molecule has 7 heteroatoms. The Morgan fingerprint density at radius 2 is 1.41 bits per heavy atom. The summed E-state index contributed by atoms with van der Waals surface area (Å²) in [5.74, 6) is -0.240. The van der Waals surface area contributed by atoms with Gasteiger partial charge in [0.1, 0.15) is 5.82 Å². The Morgan fingerprint density at radius 1 is 0.794 bits per heavy atom. The average Bonchev–Trinajstić information content (AvgIpc) is 3.26. The Labute approximate surface area is 209 Å². The van der Waals surface area contributed by atoms with E-state index in [1.165, 1.54) is 12.1 Å². The van der Waals surface area contributed by atoms with Gasteiger partial charge in [-0.25, -0.2) is 9.07 Å². The van der Waals surface area contributed by atoms with Gasteiger partial charge in [-0.15, -0.1) is 0 Å². The van der Waals surface area contributed by atoms with Crippen molar-refractivity contribution in [2.24, 2.45) is 0 Å². The molecule has 0 N–H and O–H groups in total. The van der Waals surface area contributed by atoms with Crippen LogP contribution in [0.15, 0.2) is 72.9 Å². The van der Waals surface area contributed by atoms with E-state index in [1.807, 2.05) is 53.3 Å². The minimum Gasteiger partial charge on any atom is -0.304 e. The fourth-order valence-corrected chi connectivity index (χ4v) is 4.63. The van der Waals surface area contributed by atoms with Crippen LogP contribution in [0.1, 0.15) is 5.56 Å². The monoisotopic (exact) mass is 494 g/mol. The minimum absolute atomic E-state index is 0.240. The molecule has 2 heterocycles. The van der Waals surface area contributed by atoms with Gasteiger partial charge in [-0.05, 0) is 54.6 Å². The number of nitrogens with zero attached hydrogens (tertiary/aromatic N) is 4. The van der Waals surface area contributed by atoms with Crippen LogP contribution in [-0.2, 0) is 6.54 Å². The highest BCUT2D eigenvalue weighted by Crippen LogP contribution is 2.33. The molecular formula is C27H25Cl2FN4. The van der Waals surface area contributed by atoms with E-state index in [9.17, 15) is 4.39 Å². The molecule has 0 spiro atoms. The molecule has 3 aromatic carbocycles. The smallest absolute Gasteiger partial charge is 0.123 e. The third kappa shape index (κ3) is 4.89. The van der Waals surface area contributed by atoms with Crippen molar-refractivity contribution in [1.82, 2.24) is 19.6 Å². The lowest BCUT2D eigenvalue weighted by molar-refractivity contribution is 0.148. The molecule has 0 unspecified atom stereocenters. The second-order valence-electron chi connectivity index (χ2n) is 8.69. The van der Waals surface area contributed by atoms with Crippen LogP contribution in [0.5, 0.6) is 0 Å². The molecule has 0 atom stereocenters. The summed E-state index contributed by atoms with van der Waals surface area (Å²) < 4.78 is 15.3. The fraction of sp³-hybridized carbons (Fsp3) is 0.222. The number of aromatic nitrogens is 2. The summed E-state index contributed by atoms with van der Waals surface area (Å²) in [6.07, 6.45) is 1.95. The summed E-state index contributed by atoms with van der Waals surface area (Å²) >= 11 is 12.6. The van der Waals surface area contributed by atoms with Crippen molar-refractivity contribution in [3.63, 3.8) is 0 Å². The van der Waals surface area contributed by atoms with Crippen molar-refractivity contribution in [2.75, 3.05) is 33.2 Å². The Balaban J connectivity index is 1.51. The first-order valence-electron chi connectivity index (χ1n) is 11.3. The maximum absolute atomic E-state index is 13.3. The highest BCUT2D eigenvalue weighted by Gasteiger charge is 2.20.